The molecule has 0 aliphatic carbocycles. The summed E-state index contributed by atoms with van der Waals surface area (Å²) in [4.78, 5) is 14.4. The van der Waals surface area contributed by atoms with Gasteiger partial charge in [0.05, 0.1) is 12.4 Å². The highest BCUT2D eigenvalue weighted by atomic mass is 32.2. The molecular weight excluding hydrogens is 414 g/mol. The highest BCUT2D eigenvalue weighted by Crippen LogP contribution is 2.32. The van der Waals surface area contributed by atoms with Crippen molar-refractivity contribution in [3.63, 3.8) is 0 Å². The van der Waals surface area contributed by atoms with E-state index in [1.54, 1.807) is 20.8 Å². The molecule has 0 aliphatic rings. The van der Waals surface area contributed by atoms with E-state index in [-0.39, 0.29) is 18.9 Å². The fourth-order valence-electron chi connectivity index (χ4n) is 3.50. The summed E-state index contributed by atoms with van der Waals surface area (Å²) in [5.74, 6) is -0.00367. The van der Waals surface area contributed by atoms with Crippen molar-refractivity contribution in [1.82, 2.24) is 0 Å². The van der Waals surface area contributed by atoms with E-state index in [1.807, 2.05) is 50.2 Å². The van der Waals surface area contributed by atoms with Crippen LogP contribution in [0.3, 0.4) is 0 Å². The summed E-state index contributed by atoms with van der Waals surface area (Å²) in [6.45, 7) is 9.55. The average molecular weight is 448 g/mol. The lowest BCUT2D eigenvalue weighted by molar-refractivity contribution is 0.0580. The minimum absolute atomic E-state index is 0.00367. The Morgan fingerprint density at radius 1 is 1.10 bits per heavy atom. The Balaban J connectivity index is 2.43. The summed E-state index contributed by atoms with van der Waals surface area (Å²) in [6, 6.07) is 11.6. The number of ether oxygens (including phenoxy) is 1. The third kappa shape index (κ3) is 7.36. The molecule has 0 radical (unpaired) electrons. The Morgan fingerprint density at radius 2 is 1.71 bits per heavy atom. The second-order valence-corrected chi connectivity index (χ2v) is 11.2. The molecule has 0 fully saturated rings. The van der Waals surface area contributed by atoms with Crippen LogP contribution in [0.25, 0.3) is 11.1 Å². The molecule has 0 bridgehead atoms. The monoisotopic (exact) mass is 447 g/mol. The van der Waals surface area contributed by atoms with Gasteiger partial charge in [-0.3, -0.25) is 4.90 Å². The van der Waals surface area contributed by atoms with Crippen LogP contribution in [0.15, 0.2) is 36.4 Å². The van der Waals surface area contributed by atoms with Crippen LogP contribution in [0.1, 0.15) is 43.9 Å². The van der Waals surface area contributed by atoms with Gasteiger partial charge in [0.2, 0.25) is 0 Å². The molecule has 6 nitrogen and oxygen atoms in total. The first kappa shape index (κ1) is 24.9. The number of hydrogen-bond acceptors (Lipinski definition) is 5. The smallest absolute Gasteiger partial charge is 0.414 e. The van der Waals surface area contributed by atoms with Crippen molar-refractivity contribution in [2.24, 2.45) is 0 Å². The van der Waals surface area contributed by atoms with Gasteiger partial charge >= 0.3 is 6.09 Å². The number of carbonyl (C=O) groups is 1. The normalized spacial score (nSPS) is 12.0. The number of anilines is 1. The lowest BCUT2D eigenvalue weighted by atomic mass is 9.94. The molecule has 1 N–H and O–H groups in total. The van der Waals surface area contributed by atoms with E-state index < -0.39 is 21.5 Å². The summed E-state index contributed by atoms with van der Waals surface area (Å²) in [7, 11) is -3.13. The molecule has 0 saturated heterocycles. The Bertz CT molecular complexity index is 1020. The predicted octanol–water partition coefficient (Wildman–Crippen LogP) is 4.64. The van der Waals surface area contributed by atoms with Crippen LogP contribution >= 0.6 is 0 Å². The molecule has 0 aromatic heterocycles. The standard InChI is InChI=1S/C24H33NO5S/c1-17-13-21(14-18(2)22(17)20-10-7-9-19(15-20)16-26)25(11-8-12-31(6,28)29)23(27)30-24(3,4)5/h7,9-10,13-15,26H,8,11-12,16H2,1-6H3. The molecule has 7 heteroatoms. The van der Waals surface area contributed by atoms with Crippen LogP contribution in [-0.4, -0.2) is 43.8 Å². The topological polar surface area (TPSA) is 83.9 Å². The molecule has 0 atom stereocenters. The van der Waals surface area contributed by atoms with Crippen LogP contribution in [0, 0.1) is 13.8 Å². The van der Waals surface area contributed by atoms with Gasteiger partial charge in [-0.15, -0.1) is 0 Å². The number of rotatable bonds is 7. The van der Waals surface area contributed by atoms with Crippen molar-refractivity contribution in [3.8, 4) is 11.1 Å². The Morgan fingerprint density at radius 3 is 2.23 bits per heavy atom. The van der Waals surface area contributed by atoms with Gasteiger partial charge < -0.3 is 9.84 Å². The van der Waals surface area contributed by atoms with Gasteiger partial charge in [-0.1, -0.05) is 18.2 Å². The van der Waals surface area contributed by atoms with Crippen molar-refractivity contribution < 1.29 is 23.1 Å². The van der Waals surface area contributed by atoms with E-state index in [9.17, 15) is 18.3 Å². The fraction of sp³-hybridized carbons (Fsp3) is 0.458. The van der Waals surface area contributed by atoms with Crippen molar-refractivity contribution in [3.05, 3.63) is 53.1 Å². The summed E-state index contributed by atoms with van der Waals surface area (Å²) in [6.07, 6.45) is 1.00. The number of sulfone groups is 1. The first-order valence-corrected chi connectivity index (χ1v) is 12.4. The Labute approximate surface area is 185 Å². The minimum Gasteiger partial charge on any atom is -0.443 e. The minimum atomic E-state index is -3.13. The van der Waals surface area contributed by atoms with Gasteiger partial charge in [0, 0.05) is 18.5 Å². The van der Waals surface area contributed by atoms with Gasteiger partial charge in [0.15, 0.2) is 0 Å². The molecule has 0 unspecified atom stereocenters. The molecule has 0 saturated carbocycles. The summed E-state index contributed by atoms with van der Waals surface area (Å²) < 4.78 is 28.7. The van der Waals surface area contributed by atoms with E-state index in [4.69, 9.17) is 4.74 Å². The summed E-state index contributed by atoms with van der Waals surface area (Å²) >= 11 is 0. The molecule has 0 aliphatic heterocycles. The molecule has 0 heterocycles. The van der Waals surface area contributed by atoms with Crippen LogP contribution in [0.5, 0.6) is 0 Å². The van der Waals surface area contributed by atoms with E-state index >= 15 is 0 Å². The summed E-state index contributed by atoms with van der Waals surface area (Å²) in [5, 5.41) is 9.46. The van der Waals surface area contributed by atoms with E-state index in [1.165, 1.54) is 11.2 Å². The molecule has 2 rings (SSSR count). The number of benzene rings is 2. The Hall–Kier alpha value is -2.38. The zero-order valence-electron chi connectivity index (χ0n) is 19.2. The third-order valence-electron chi connectivity index (χ3n) is 4.74. The fourth-order valence-corrected chi connectivity index (χ4v) is 4.16. The molecule has 1 amide bonds. The predicted molar refractivity (Wildman–Crippen MR) is 125 cm³/mol. The number of aliphatic hydroxyl groups is 1. The zero-order chi connectivity index (χ0) is 23.4. The second-order valence-electron chi connectivity index (χ2n) is 8.93. The van der Waals surface area contributed by atoms with Gasteiger partial charge in [-0.2, -0.15) is 0 Å². The number of nitrogens with zero attached hydrogens (tertiary/aromatic N) is 1. The number of aryl methyl sites for hydroxylation is 2. The van der Waals surface area contributed by atoms with E-state index in [0.717, 1.165) is 27.8 Å². The van der Waals surface area contributed by atoms with Gasteiger partial charge in [-0.25, -0.2) is 13.2 Å². The number of aliphatic hydroxyl groups excluding tert-OH is 1. The maximum absolute atomic E-state index is 12.9. The van der Waals surface area contributed by atoms with Crippen LogP contribution < -0.4 is 4.90 Å². The Kier molecular flexibility index (Phi) is 7.89. The number of amides is 1. The molecule has 31 heavy (non-hydrogen) atoms. The molecular formula is C24H33NO5S. The first-order chi connectivity index (χ1) is 14.3. The average Bonchev–Trinajstić information content (AvgIpc) is 2.62. The summed E-state index contributed by atoms with van der Waals surface area (Å²) in [5.41, 5.74) is 4.81. The van der Waals surface area contributed by atoms with Crippen LogP contribution in [-0.2, 0) is 21.2 Å². The molecule has 2 aromatic carbocycles. The maximum atomic E-state index is 12.9. The lowest BCUT2D eigenvalue weighted by Gasteiger charge is -2.28. The van der Waals surface area contributed by atoms with Crippen molar-refractivity contribution >= 4 is 21.6 Å². The quantitative estimate of drug-likeness (QED) is 0.668. The van der Waals surface area contributed by atoms with Crippen molar-refractivity contribution in [1.29, 1.82) is 0 Å². The highest BCUT2D eigenvalue weighted by molar-refractivity contribution is 7.90. The third-order valence-corrected chi connectivity index (χ3v) is 5.77. The zero-order valence-corrected chi connectivity index (χ0v) is 20.0. The highest BCUT2D eigenvalue weighted by Gasteiger charge is 2.24. The SMILES string of the molecule is Cc1cc(N(CCCS(C)(=O)=O)C(=O)OC(C)(C)C)cc(C)c1-c1cccc(CO)c1. The van der Waals surface area contributed by atoms with Crippen LogP contribution in [0.4, 0.5) is 10.5 Å². The lowest BCUT2D eigenvalue weighted by Crippen LogP contribution is -2.38. The van der Waals surface area contributed by atoms with Gasteiger partial charge in [0.1, 0.15) is 15.4 Å². The molecule has 0 spiro atoms. The first-order valence-electron chi connectivity index (χ1n) is 10.3. The van der Waals surface area contributed by atoms with E-state index in [0.29, 0.717) is 12.1 Å². The van der Waals surface area contributed by atoms with Crippen molar-refractivity contribution in [2.45, 2.75) is 53.2 Å². The van der Waals surface area contributed by atoms with Crippen LogP contribution in [0.2, 0.25) is 0 Å². The van der Waals surface area contributed by atoms with Gasteiger partial charge in [-0.05, 0) is 87.1 Å². The van der Waals surface area contributed by atoms with Gasteiger partial charge in [0.25, 0.3) is 0 Å². The largest absolute Gasteiger partial charge is 0.443 e. The molecule has 170 valence electrons. The van der Waals surface area contributed by atoms with E-state index in [2.05, 4.69) is 0 Å². The maximum Gasteiger partial charge on any atom is 0.414 e. The second kappa shape index (κ2) is 9.83. The number of carbonyl (C=O) groups excluding carboxylic acids is 1. The molecule has 2 aromatic rings. The number of hydrogen-bond donors (Lipinski definition) is 1. The van der Waals surface area contributed by atoms with Crippen molar-refractivity contribution in [2.75, 3.05) is 23.5 Å².